The molecule has 2 aromatic carbocycles. The first kappa shape index (κ1) is 20.7. The zero-order valence-corrected chi connectivity index (χ0v) is 16.2. The van der Waals surface area contributed by atoms with Gasteiger partial charge in [0.2, 0.25) is 5.91 Å². The lowest BCUT2D eigenvalue weighted by molar-refractivity contribution is 0.0999. The molecule has 0 unspecified atom stereocenters. The average molecular weight is 394 g/mol. The number of halogens is 2. The second-order valence-corrected chi connectivity index (χ2v) is 6.95. The van der Waals surface area contributed by atoms with Gasteiger partial charge in [0.25, 0.3) is 0 Å². The summed E-state index contributed by atoms with van der Waals surface area (Å²) in [5, 5.41) is 0. The Balaban J connectivity index is 0.00000121. The van der Waals surface area contributed by atoms with Crippen molar-refractivity contribution in [3.63, 3.8) is 0 Å². The maximum Gasteiger partial charge on any atom is 0.248 e. The number of amides is 1. The molecule has 1 amide bonds. The van der Waals surface area contributed by atoms with Gasteiger partial charge < -0.3 is 5.73 Å². The third-order valence-corrected chi connectivity index (χ3v) is 5.29. The Morgan fingerprint density at radius 3 is 2.04 bits per heavy atom. The van der Waals surface area contributed by atoms with Crippen molar-refractivity contribution in [2.75, 3.05) is 13.1 Å². The van der Waals surface area contributed by atoms with Gasteiger partial charge in [0.1, 0.15) is 0 Å². The highest BCUT2D eigenvalue weighted by Crippen LogP contribution is 2.32. The van der Waals surface area contributed by atoms with E-state index in [1.165, 1.54) is 17.5 Å². The average Bonchev–Trinajstić information content (AvgIpc) is 3.16. The molecule has 2 N–H and O–H groups in total. The highest BCUT2D eigenvalue weighted by Gasteiger charge is 2.42. The topological polar surface area (TPSA) is 49.6 Å². The van der Waals surface area contributed by atoms with Crippen LogP contribution in [-0.2, 0) is 13.1 Å². The van der Waals surface area contributed by atoms with Crippen molar-refractivity contribution in [2.24, 2.45) is 5.73 Å². The van der Waals surface area contributed by atoms with Crippen LogP contribution >= 0.6 is 24.8 Å². The molecule has 0 aliphatic carbocycles. The number of carbonyl (C=O) groups excluding carboxylic acids is 1. The van der Waals surface area contributed by atoms with Crippen LogP contribution in [0.25, 0.3) is 0 Å². The number of nitrogens with two attached hydrogens (primary N) is 1. The highest BCUT2D eigenvalue weighted by atomic mass is 35.5. The molecule has 6 heteroatoms. The maximum atomic E-state index is 11.3. The summed E-state index contributed by atoms with van der Waals surface area (Å²) in [5.74, 6) is -0.353. The Kier molecular flexibility index (Phi) is 7.07. The second-order valence-electron chi connectivity index (χ2n) is 6.95. The van der Waals surface area contributed by atoms with Crippen LogP contribution < -0.4 is 5.73 Å². The van der Waals surface area contributed by atoms with Gasteiger partial charge in [0.05, 0.1) is 0 Å². The number of benzene rings is 2. The fraction of sp³-hybridized carbons (Fsp3) is 0.350. The van der Waals surface area contributed by atoms with E-state index in [1.54, 1.807) is 6.07 Å². The summed E-state index contributed by atoms with van der Waals surface area (Å²) in [4.78, 5) is 16.5. The number of primary amides is 1. The molecule has 140 valence electrons. The number of piperazine rings is 1. The Hall–Kier alpha value is -1.59. The first-order chi connectivity index (χ1) is 11.7. The highest BCUT2D eigenvalue weighted by molar-refractivity contribution is 5.92. The number of fused-ring (bicyclic) bond motifs is 2. The molecular weight excluding hydrogens is 369 g/mol. The predicted octanol–water partition coefficient (Wildman–Crippen LogP) is 3.09. The van der Waals surface area contributed by atoms with Crippen molar-refractivity contribution in [1.29, 1.82) is 0 Å². The SMILES string of the molecule is Cl.Cl.NC(=O)c1cccc(CN2C[C@@H]3C[C@H]2CN3Cc2ccccc2)c1. The smallest absolute Gasteiger partial charge is 0.248 e. The van der Waals surface area contributed by atoms with Gasteiger partial charge in [-0.3, -0.25) is 14.6 Å². The van der Waals surface area contributed by atoms with Crippen LogP contribution in [0, 0.1) is 0 Å². The van der Waals surface area contributed by atoms with E-state index in [1.807, 2.05) is 12.1 Å². The summed E-state index contributed by atoms with van der Waals surface area (Å²) in [6.45, 7) is 4.20. The monoisotopic (exact) mass is 393 g/mol. The number of hydrogen-bond donors (Lipinski definition) is 1. The molecule has 0 aromatic heterocycles. The van der Waals surface area contributed by atoms with Crippen LogP contribution in [0.1, 0.15) is 27.9 Å². The second kappa shape index (κ2) is 8.87. The van der Waals surface area contributed by atoms with Gasteiger partial charge in [-0.2, -0.15) is 0 Å². The summed E-state index contributed by atoms with van der Waals surface area (Å²) in [6, 6.07) is 19.7. The number of carbonyl (C=O) groups is 1. The zero-order chi connectivity index (χ0) is 16.5. The Morgan fingerprint density at radius 1 is 0.885 bits per heavy atom. The van der Waals surface area contributed by atoms with Crippen LogP contribution in [0.15, 0.2) is 54.6 Å². The fourth-order valence-electron chi connectivity index (χ4n) is 4.09. The van der Waals surface area contributed by atoms with Gasteiger partial charge in [0, 0.05) is 43.8 Å². The van der Waals surface area contributed by atoms with Crippen molar-refractivity contribution >= 4 is 30.7 Å². The molecule has 2 bridgehead atoms. The van der Waals surface area contributed by atoms with Crippen molar-refractivity contribution in [3.8, 4) is 0 Å². The summed E-state index contributed by atoms with van der Waals surface area (Å²) in [5.41, 5.74) is 8.55. The van der Waals surface area contributed by atoms with E-state index in [9.17, 15) is 4.79 Å². The molecular formula is C20H25Cl2N3O. The van der Waals surface area contributed by atoms with Crippen LogP contribution in [0.4, 0.5) is 0 Å². The molecule has 0 saturated carbocycles. The fourth-order valence-corrected chi connectivity index (χ4v) is 4.09. The molecule has 2 atom stereocenters. The minimum Gasteiger partial charge on any atom is -0.366 e. The Labute approximate surface area is 167 Å². The molecule has 2 aliphatic rings. The van der Waals surface area contributed by atoms with E-state index in [0.717, 1.165) is 26.2 Å². The number of nitrogens with zero attached hydrogens (tertiary/aromatic N) is 2. The minimum absolute atomic E-state index is 0. The van der Waals surface area contributed by atoms with Crippen LogP contribution in [-0.4, -0.2) is 40.9 Å². The molecule has 2 fully saturated rings. The van der Waals surface area contributed by atoms with E-state index in [4.69, 9.17) is 5.73 Å². The summed E-state index contributed by atoms with van der Waals surface area (Å²) >= 11 is 0. The number of rotatable bonds is 5. The molecule has 2 aromatic rings. The standard InChI is InChI=1S/C20H23N3O.2ClH/c21-20(24)17-8-4-7-16(9-17)12-23-14-18-10-19(23)13-22(18)11-15-5-2-1-3-6-15;;/h1-9,18-19H,10-14H2,(H2,21,24);2*1H/t18-,19-;;/m0../s1. The van der Waals surface area contributed by atoms with E-state index >= 15 is 0 Å². The van der Waals surface area contributed by atoms with Crippen molar-refractivity contribution in [2.45, 2.75) is 31.6 Å². The maximum absolute atomic E-state index is 11.3. The molecule has 4 nitrogen and oxygen atoms in total. The molecule has 2 saturated heterocycles. The first-order valence-corrected chi connectivity index (χ1v) is 8.60. The summed E-state index contributed by atoms with van der Waals surface area (Å²) in [6.07, 6.45) is 1.25. The van der Waals surface area contributed by atoms with Gasteiger partial charge in [0.15, 0.2) is 0 Å². The summed E-state index contributed by atoms with van der Waals surface area (Å²) in [7, 11) is 0. The van der Waals surface area contributed by atoms with Crippen molar-refractivity contribution in [1.82, 2.24) is 9.80 Å². The van der Waals surface area contributed by atoms with Crippen LogP contribution in [0.2, 0.25) is 0 Å². The number of hydrogen-bond acceptors (Lipinski definition) is 3. The Morgan fingerprint density at radius 2 is 1.46 bits per heavy atom. The van der Waals surface area contributed by atoms with Gasteiger partial charge in [-0.1, -0.05) is 42.5 Å². The molecule has 26 heavy (non-hydrogen) atoms. The molecule has 2 aliphatic heterocycles. The molecule has 0 spiro atoms. The number of likely N-dealkylation sites (tertiary alicyclic amines) is 2. The van der Waals surface area contributed by atoms with E-state index < -0.39 is 0 Å². The lowest BCUT2D eigenvalue weighted by Crippen LogP contribution is -2.45. The Bertz CT molecular complexity index is 741. The van der Waals surface area contributed by atoms with E-state index in [-0.39, 0.29) is 30.7 Å². The van der Waals surface area contributed by atoms with E-state index in [2.05, 4.69) is 46.2 Å². The van der Waals surface area contributed by atoms with Gasteiger partial charge in [-0.15, -0.1) is 24.8 Å². The van der Waals surface area contributed by atoms with Gasteiger partial charge in [-0.25, -0.2) is 0 Å². The largest absolute Gasteiger partial charge is 0.366 e. The summed E-state index contributed by atoms with van der Waals surface area (Å²) < 4.78 is 0. The quantitative estimate of drug-likeness (QED) is 0.848. The third kappa shape index (κ3) is 4.38. The zero-order valence-electron chi connectivity index (χ0n) is 14.6. The van der Waals surface area contributed by atoms with Crippen molar-refractivity contribution in [3.05, 3.63) is 71.3 Å². The molecule has 4 rings (SSSR count). The third-order valence-electron chi connectivity index (χ3n) is 5.29. The van der Waals surface area contributed by atoms with Crippen LogP contribution in [0.3, 0.4) is 0 Å². The molecule has 2 heterocycles. The predicted molar refractivity (Wildman–Crippen MR) is 109 cm³/mol. The normalized spacial score (nSPS) is 21.8. The lowest BCUT2D eigenvalue weighted by Gasteiger charge is -2.34. The lowest BCUT2D eigenvalue weighted by atomic mass is 10.1. The van der Waals surface area contributed by atoms with Gasteiger partial charge in [-0.05, 0) is 29.7 Å². The van der Waals surface area contributed by atoms with Crippen molar-refractivity contribution < 1.29 is 4.79 Å². The minimum atomic E-state index is -0.353. The van der Waals surface area contributed by atoms with Crippen LogP contribution in [0.5, 0.6) is 0 Å². The van der Waals surface area contributed by atoms with E-state index in [0.29, 0.717) is 17.6 Å². The van der Waals surface area contributed by atoms with Gasteiger partial charge >= 0.3 is 0 Å². The molecule has 0 radical (unpaired) electrons. The first-order valence-electron chi connectivity index (χ1n) is 8.60.